The third-order valence-electron chi connectivity index (χ3n) is 3.84. The Balaban J connectivity index is 1.78. The third kappa shape index (κ3) is 1.96. The predicted molar refractivity (Wildman–Crippen MR) is 60.5 cm³/mol. The molecule has 0 aromatic heterocycles. The lowest BCUT2D eigenvalue weighted by atomic mass is 9.78. The van der Waals surface area contributed by atoms with Crippen molar-refractivity contribution in [2.75, 3.05) is 19.6 Å². The Hall–Kier alpha value is -0.0800. The fraction of sp³-hybridized carbons (Fsp3) is 1.00. The van der Waals surface area contributed by atoms with E-state index in [9.17, 15) is 0 Å². The lowest BCUT2D eigenvalue weighted by Crippen LogP contribution is -2.55. The van der Waals surface area contributed by atoms with Crippen LogP contribution in [-0.2, 0) is 0 Å². The number of likely N-dealkylation sites (tertiary alicyclic amines) is 1. The minimum absolute atomic E-state index is 0.650. The van der Waals surface area contributed by atoms with Gasteiger partial charge in [-0.2, -0.15) is 0 Å². The van der Waals surface area contributed by atoms with Crippen molar-refractivity contribution in [1.82, 2.24) is 10.2 Å². The van der Waals surface area contributed by atoms with Gasteiger partial charge >= 0.3 is 0 Å². The first-order valence-corrected chi connectivity index (χ1v) is 6.12. The topological polar surface area (TPSA) is 15.3 Å². The van der Waals surface area contributed by atoms with Gasteiger partial charge in [-0.25, -0.2) is 0 Å². The Morgan fingerprint density at radius 2 is 2.14 bits per heavy atom. The maximum Gasteiger partial charge on any atom is 0.00758 e. The van der Waals surface area contributed by atoms with Gasteiger partial charge in [-0.15, -0.1) is 0 Å². The van der Waals surface area contributed by atoms with E-state index < -0.39 is 0 Å². The van der Waals surface area contributed by atoms with Crippen molar-refractivity contribution in [3.63, 3.8) is 0 Å². The number of hydrogen-bond donors (Lipinski definition) is 1. The van der Waals surface area contributed by atoms with Gasteiger partial charge in [0.1, 0.15) is 0 Å². The molecule has 1 N–H and O–H groups in total. The Morgan fingerprint density at radius 1 is 1.43 bits per heavy atom. The average Bonchev–Trinajstić information content (AvgIpc) is 2.44. The highest BCUT2D eigenvalue weighted by Gasteiger charge is 2.47. The molecule has 2 rings (SSSR count). The van der Waals surface area contributed by atoms with Crippen molar-refractivity contribution >= 4 is 0 Å². The predicted octanol–water partition coefficient (Wildman–Crippen LogP) is 1.86. The number of hydrogen-bond acceptors (Lipinski definition) is 2. The van der Waals surface area contributed by atoms with Crippen molar-refractivity contribution in [2.24, 2.45) is 5.41 Å². The summed E-state index contributed by atoms with van der Waals surface area (Å²) in [6, 6.07) is 1.45. The zero-order valence-electron chi connectivity index (χ0n) is 9.84. The van der Waals surface area contributed by atoms with Crippen molar-refractivity contribution in [2.45, 2.75) is 52.1 Å². The van der Waals surface area contributed by atoms with Gasteiger partial charge in [0.2, 0.25) is 0 Å². The minimum Gasteiger partial charge on any atom is -0.312 e. The molecule has 2 aliphatic rings. The molecule has 82 valence electrons. The SMILES string of the molecule is CCN1CC2(CCC(NC(C)C)C2)C1. The highest BCUT2D eigenvalue weighted by Crippen LogP contribution is 2.45. The lowest BCUT2D eigenvalue weighted by Gasteiger charge is -2.48. The van der Waals surface area contributed by atoms with Crippen LogP contribution in [0.3, 0.4) is 0 Å². The second-order valence-corrected chi connectivity index (χ2v) is 5.56. The van der Waals surface area contributed by atoms with Gasteiger partial charge in [0.15, 0.2) is 0 Å². The first-order valence-electron chi connectivity index (χ1n) is 6.12. The second kappa shape index (κ2) is 3.82. The molecule has 0 aromatic rings. The molecule has 1 unspecified atom stereocenters. The van der Waals surface area contributed by atoms with Crippen LogP contribution in [0.25, 0.3) is 0 Å². The van der Waals surface area contributed by atoms with Crippen molar-refractivity contribution in [1.29, 1.82) is 0 Å². The van der Waals surface area contributed by atoms with E-state index in [1.807, 2.05) is 0 Å². The molecular weight excluding hydrogens is 172 g/mol. The molecule has 1 atom stereocenters. The monoisotopic (exact) mass is 196 g/mol. The van der Waals surface area contributed by atoms with E-state index in [4.69, 9.17) is 0 Å². The molecule has 2 fully saturated rings. The third-order valence-corrected chi connectivity index (χ3v) is 3.84. The lowest BCUT2D eigenvalue weighted by molar-refractivity contribution is 0.00871. The van der Waals surface area contributed by atoms with Crippen LogP contribution in [0.1, 0.15) is 40.0 Å². The molecule has 14 heavy (non-hydrogen) atoms. The van der Waals surface area contributed by atoms with Crippen LogP contribution in [0.5, 0.6) is 0 Å². The van der Waals surface area contributed by atoms with Crippen LogP contribution >= 0.6 is 0 Å². The molecule has 1 aliphatic heterocycles. The average molecular weight is 196 g/mol. The first-order chi connectivity index (χ1) is 6.63. The Bertz CT molecular complexity index is 194. The maximum atomic E-state index is 3.68. The van der Waals surface area contributed by atoms with Crippen LogP contribution in [-0.4, -0.2) is 36.6 Å². The summed E-state index contributed by atoms with van der Waals surface area (Å²) in [6.07, 6.45) is 4.27. The van der Waals surface area contributed by atoms with Crippen molar-refractivity contribution < 1.29 is 0 Å². The summed E-state index contributed by atoms with van der Waals surface area (Å²) in [4.78, 5) is 2.57. The number of rotatable bonds is 3. The number of nitrogens with zero attached hydrogens (tertiary/aromatic N) is 1. The van der Waals surface area contributed by atoms with E-state index in [0.717, 1.165) is 6.04 Å². The molecule has 1 spiro atoms. The van der Waals surface area contributed by atoms with Crippen LogP contribution in [0, 0.1) is 5.41 Å². The largest absolute Gasteiger partial charge is 0.312 e. The number of nitrogens with one attached hydrogen (secondary N) is 1. The van der Waals surface area contributed by atoms with Gasteiger partial charge < -0.3 is 10.2 Å². The van der Waals surface area contributed by atoms with E-state index in [0.29, 0.717) is 11.5 Å². The molecule has 0 bridgehead atoms. The highest BCUT2D eigenvalue weighted by molar-refractivity contribution is 5.02. The Kier molecular flexibility index (Phi) is 2.85. The van der Waals surface area contributed by atoms with E-state index in [2.05, 4.69) is 31.0 Å². The molecule has 2 nitrogen and oxygen atoms in total. The second-order valence-electron chi connectivity index (χ2n) is 5.56. The summed E-state index contributed by atoms with van der Waals surface area (Å²) in [5.41, 5.74) is 0.711. The Morgan fingerprint density at radius 3 is 2.71 bits per heavy atom. The van der Waals surface area contributed by atoms with Crippen molar-refractivity contribution in [3.05, 3.63) is 0 Å². The fourth-order valence-electron chi connectivity index (χ4n) is 3.23. The van der Waals surface area contributed by atoms with E-state index >= 15 is 0 Å². The van der Waals surface area contributed by atoms with Gasteiger partial charge in [-0.05, 0) is 31.2 Å². The van der Waals surface area contributed by atoms with Crippen LogP contribution in [0.2, 0.25) is 0 Å². The quantitative estimate of drug-likeness (QED) is 0.741. The molecule has 0 aromatic carbocycles. The van der Waals surface area contributed by atoms with Crippen LogP contribution < -0.4 is 5.32 Å². The summed E-state index contributed by atoms with van der Waals surface area (Å²) in [5.74, 6) is 0. The summed E-state index contributed by atoms with van der Waals surface area (Å²) in [6.45, 7) is 10.7. The summed E-state index contributed by atoms with van der Waals surface area (Å²) in [5, 5.41) is 3.68. The minimum atomic E-state index is 0.650. The van der Waals surface area contributed by atoms with Crippen molar-refractivity contribution in [3.8, 4) is 0 Å². The zero-order valence-corrected chi connectivity index (χ0v) is 9.84. The van der Waals surface area contributed by atoms with Gasteiger partial charge in [0.05, 0.1) is 0 Å². The highest BCUT2D eigenvalue weighted by atomic mass is 15.2. The molecular formula is C12H24N2. The zero-order chi connectivity index (χ0) is 10.2. The van der Waals surface area contributed by atoms with Gasteiger partial charge in [0.25, 0.3) is 0 Å². The fourth-order valence-corrected chi connectivity index (χ4v) is 3.23. The molecule has 0 amide bonds. The van der Waals surface area contributed by atoms with E-state index in [-0.39, 0.29) is 0 Å². The molecule has 1 saturated carbocycles. The maximum absolute atomic E-state index is 3.68. The normalized spacial score (nSPS) is 31.3. The first kappa shape index (κ1) is 10.4. The molecule has 1 saturated heterocycles. The molecule has 2 heteroatoms. The molecule has 1 aliphatic carbocycles. The van der Waals surface area contributed by atoms with Gasteiger partial charge in [-0.1, -0.05) is 20.8 Å². The van der Waals surface area contributed by atoms with Gasteiger partial charge in [-0.3, -0.25) is 0 Å². The smallest absolute Gasteiger partial charge is 0.00758 e. The summed E-state index contributed by atoms with van der Waals surface area (Å²) in [7, 11) is 0. The summed E-state index contributed by atoms with van der Waals surface area (Å²) < 4.78 is 0. The van der Waals surface area contributed by atoms with Crippen LogP contribution in [0.4, 0.5) is 0 Å². The standard InChI is InChI=1S/C12H24N2/c1-4-14-8-12(9-14)6-5-11(7-12)13-10(2)3/h10-11,13H,4-9H2,1-3H3. The summed E-state index contributed by atoms with van der Waals surface area (Å²) >= 11 is 0. The Labute approximate surface area is 88.1 Å². The van der Waals surface area contributed by atoms with Crippen LogP contribution in [0.15, 0.2) is 0 Å². The van der Waals surface area contributed by atoms with E-state index in [1.54, 1.807) is 0 Å². The molecule has 1 heterocycles. The van der Waals surface area contributed by atoms with E-state index in [1.165, 1.54) is 38.9 Å². The molecule has 0 radical (unpaired) electrons. The van der Waals surface area contributed by atoms with Gasteiger partial charge in [0, 0.05) is 25.2 Å².